The van der Waals surface area contributed by atoms with Crippen molar-refractivity contribution in [3.05, 3.63) is 36.3 Å². The number of imidazole rings is 1. The molecule has 0 aliphatic rings. The van der Waals surface area contributed by atoms with E-state index in [1.54, 1.807) is 6.20 Å². The van der Waals surface area contributed by atoms with Gasteiger partial charge in [-0.25, -0.2) is 4.98 Å². The predicted molar refractivity (Wildman–Crippen MR) is 60.5 cm³/mol. The van der Waals surface area contributed by atoms with E-state index in [4.69, 9.17) is 5.11 Å². The van der Waals surface area contributed by atoms with E-state index >= 15 is 0 Å². The zero-order valence-electron chi connectivity index (χ0n) is 9.34. The van der Waals surface area contributed by atoms with Crippen molar-refractivity contribution in [3.8, 4) is 0 Å². The third-order valence-corrected chi connectivity index (χ3v) is 2.70. The summed E-state index contributed by atoms with van der Waals surface area (Å²) in [5.41, 5.74) is 1.34. The standard InChI is InChI=1S/C12H14N2O2/c1-12(2,7-11(15)16)9-8-13-10-5-3-4-6-14(9)10/h3-6,8H,7H2,1-2H3,(H,15,16). The lowest BCUT2D eigenvalue weighted by Crippen LogP contribution is -2.23. The Hall–Kier alpha value is -1.84. The molecule has 0 amide bonds. The number of pyridine rings is 1. The highest BCUT2D eigenvalue weighted by Gasteiger charge is 2.27. The fourth-order valence-electron chi connectivity index (χ4n) is 1.90. The summed E-state index contributed by atoms with van der Waals surface area (Å²) >= 11 is 0. The first-order valence-corrected chi connectivity index (χ1v) is 5.15. The topological polar surface area (TPSA) is 54.6 Å². The fourth-order valence-corrected chi connectivity index (χ4v) is 1.90. The van der Waals surface area contributed by atoms with Gasteiger partial charge in [-0.15, -0.1) is 0 Å². The maximum atomic E-state index is 10.8. The number of hydrogen-bond donors (Lipinski definition) is 1. The SMILES string of the molecule is CC(C)(CC(=O)O)c1cnc2ccccn12. The second kappa shape index (κ2) is 3.63. The lowest BCUT2D eigenvalue weighted by molar-refractivity contribution is -0.138. The van der Waals surface area contributed by atoms with Crippen LogP contribution >= 0.6 is 0 Å². The van der Waals surface area contributed by atoms with Crippen molar-refractivity contribution in [1.29, 1.82) is 0 Å². The second-order valence-electron chi connectivity index (χ2n) is 4.53. The average Bonchev–Trinajstić information content (AvgIpc) is 2.59. The molecule has 0 radical (unpaired) electrons. The Morgan fingerprint density at radius 2 is 2.25 bits per heavy atom. The molecule has 0 unspecified atom stereocenters. The Kier molecular flexibility index (Phi) is 2.42. The van der Waals surface area contributed by atoms with E-state index < -0.39 is 11.4 Å². The molecular weight excluding hydrogens is 204 g/mol. The minimum Gasteiger partial charge on any atom is -0.481 e. The fraction of sp³-hybridized carbons (Fsp3) is 0.333. The third kappa shape index (κ3) is 1.78. The van der Waals surface area contributed by atoms with Gasteiger partial charge in [0.2, 0.25) is 0 Å². The van der Waals surface area contributed by atoms with Crippen LogP contribution in [0.4, 0.5) is 0 Å². The van der Waals surface area contributed by atoms with Crippen LogP contribution in [0, 0.1) is 0 Å². The van der Waals surface area contributed by atoms with E-state index in [0.717, 1.165) is 11.3 Å². The second-order valence-corrected chi connectivity index (χ2v) is 4.53. The van der Waals surface area contributed by atoms with E-state index in [9.17, 15) is 4.79 Å². The largest absolute Gasteiger partial charge is 0.481 e. The van der Waals surface area contributed by atoms with Gasteiger partial charge in [0.1, 0.15) is 5.65 Å². The van der Waals surface area contributed by atoms with Gasteiger partial charge in [-0.1, -0.05) is 19.9 Å². The molecule has 2 rings (SSSR count). The molecule has 16 heavy (non-hydrogen) atoms. The minimum atomic E-state index is -0.795. The third-order valence-electron chi connectivity index (χ3n) is 2.70. The number of carboxylic acid groups (broad SMARTS) is 1. The average molecular weight is 218 g/mol. The maximum absolute atomic E-state index is 10.8. The van der Waals surface area contributed by atoms with Gasteiger partial charge < -0.3 is 9.51 Å². The molecule has 0 saturated heterocycles. The van der Waals surface area contributed by atoms with Gasteiger partial charge in [-0.3, -0.25) is 4.79 Å². The van der Waals surface area contributed by atoms with E-state index in [2.05, 4.69) is 4.98 Å². The Labute approximate surface area is 93.5 Å². The zero-order chi connectivity index (χ0) is 11.8. The Bertz CT molecular complexity index is 529. The molecule has 0 atom stereocenters. The summed E-state index contributed by atoms with van der Waals surface area (Å²) in [5, 5.41) is 8.89. The van der Waals surface area contributed by atoms with E-state index in [1.165, 1.54) is 0 Å². The Morgan fingerprint density at radius 1 is 1.50 bits per heavy atom. The quantitative estimate of drug-likeness (QED) is 0.858. The van der Waals surface area contributed by atoms with Crippen molar-refractivity contribution in [2.24, 2.45) is 0 Å². The molecule has 1 N–H and O–H groups in total. The lowest BCUT2D eigenvalue weighted by atomic mass is 9.86. The van der Waals surface area contributed by atoms with Crippen molar-refractivity contribution in [2.75, 3.05) is 0 Å². The van der Waals surface area contributed by atoms with Gasteiger partial charge in [0.15, 0.2) is 0 Å². The molecule has 0 aliphatic heterocycles. The first kappa shape index (κ1) is 10.7. The molecule has 84 valence electrons. The molecule has 2 aromatic heterocycles. The molecule has 4 heteroatoms. The van der Waals surface area contributed by atoms with Crippen LogP contribution in [0.2, 0.25) is 0 Å². The monoisotopic (exact) mass is 218 g/mol. The normalized spacial score (nSPS) is 11.9. The number of carbonyl (C=O) groups is 1. The van der Waals surface area contributed by atoms with Crippen LogP contribution in [0.15, 0.2) is 30.6 Å². The number of fused-ring (bicyclic) bond motifs is 1. The van der Waals surface area contributed by atoms with Crippen LogP contribution in [0.1, 0.15) is 26.0 Å². The molecule has 4 nitrogen and oxygen atoms in total. The van der Waals surface area contributed by atoms with Gasteiger partial charge in [0.25, 0.3) is 0 Å². The van der Waals surface area contributed by atoms with E-state index in [1.807, 2.05) is 42.6 Å². The summed E-state index contributed by atoms with van der Waals surface area (Å²) in [6, 6.07) is 5.73. The highest BCUT2D eigenvalue weighted by molar-refractivity contribution is 5.68. The molecule has 0 bridgehead atoms. The van der Waals surface area contributed by atoms with Crippen LogP contribution in [0.3, 0.4) is 0 Å². The number of hydrogen-bond acceptors (Lipinski definition) is 2. The van der Waals surface area contributed by atoms with Crippen LogP contribution in [-0.4, -0.2) is 20.5 Å². The van der Waals surface area contributed by atoms with Crippen molar-refractivity contribution in [3.63, 3.8) is 0 Å². The summed E-state index contributed by atoms with van der Waals surface area (Å²) < 4.78 is 1.93. The number of aliphatic carboxylic acids is 1. The van der Waals surface area contributed by atoms with Gasteiger partial charge in [-0.2, -0.15) is 0 Å². The van der Waals surface area contributed by atoms with Crippen LogP contribution in [0.25, 0.3) is 5.65 Å². The summed E-state index contributed by atoms with van der Waals surface area (Å²) in [5.74, 6) is -0.795. The zero-order valence-corrected chi connectivity index (χ0v) is 9.34. The smallest absolute Gasteiger partial charge is 0.304 e. The first-order chi connectivity index (χ1) is 7.50. The van der Waals surface area contributed by atoms with Gasteiger partial charge in [-0.05, 0) is 12.1 Å². The molecule has 2 aromatic rings. The predicted octanol–water partition coefficient (Wildman–Crippen LogP) is 2.09. The van der Waals surface area contributed by atoms with E-state index in [-0.39, 0.29) is 6.42 Å². The number of rotatable bonds is 3. The molecular formula is C12H14N2O2. The Morgan fingerprint density at radius 3 is 2.94 bits per heavy atom. The summed E-state index contributed by atoms with van der Waals surface area (Å²) in [4.78, 5) is 15.1. The molecule has 2 heterocycles. The molecule has 0 spiro atoms. The Balaban J connectivity index is 2.50. The van der Waals surface area contributed by atoms with Crippen molar-refractivity contribution in [1.82, 2.24) is 9.38 Å². The number of aromatic nitrogens is 2. The molecule has 0 saturated carbocycles. The number of nitrogens with zero attached hydrogens (tertiary/aromatic N) is 2. The van der Waals surface area contributed by atoms with Crippen molar-refractivity contribution >= 4 is 11.6 Å². The lowest BCUT2D eigenvalue weighted by Gasteiger charge is -2.21. The highest BCUT2D eigenvalue weighted by atomic mass is 16.4. The maximum Gasteiger partial charge on any atom is 0.304 e. The minimum absolute atomic E-state index is 0.0929. The van der Waals surface area contributed by atoms with Gasteiger partial charge in [0.05, 0.1) is 6.42 Å². The highest BCUT2D eigenvalue weighted by Crippen LogP contribution is 2.27. The van der Waals surface area contributed by atoms with Crippen molar-refractivity contribution < 1.29 is 9.90 Å². The van der Waals surface area contributed by atoms with Gasteiger partial charge >= 0.3 is 5.97 Å². The van der Waals surface area contributed by atoms with Crippen LogP contribution < -0.4 is 0 Å². The summed E-state index contributed by atoms with van der Waals surface area (Å²) in [6.07, 6.45) is 3.75. The molecule has 0 aliphatic carbocycles. The van der Waals surface area contributed by atoms with Crippen LogP contribution in [-0.2, 0) is 10.2 Å². The van der Waals surface area contributed by atoms with E-state index in [0.29, 0.717) is 0 Å². The molecule has 0 aromatic carbocycles. The number of carboxylic acids is 1. The van der Waals surface area contributed by atoms with Crippen molar-refractivity contribution in [2.45, 2.75) is 25.7 Å². The van der Waals surface area contributed by atoms with Crippen LogP contribution in [0.5, 0.6) is 0 Å². The molecule has 0 fully saturated rings. The first-order valence-electron chi connectivity index (χ1n) is 5.15. The van der Waals surface area contributed by atoms with Gasteiger partial charge in [0, 0.05) is 23.5 Å². The summed E-state index contributed by atoms with van der Waals surface area (Å²) in [6.45, 7) is 3.83. The summed E-state index contributed by atoms with van der Waals surface area (Å²) in [7, 11) is 0.